The summed E-state index contributed by atoms with van der Waals surface area (Å²) in [4.78, 5) is 5.52. The van der Waals surface area contributed by atoms with Gasteiger partial charge in [-0.05, 0) is 79.3 Å². The summed E-state index contributed by atoms with van der Waals surface area (Å²) in [5.74, 6) is 0.307. The average Bonchev–Trinajstić information content (AvgIpc) is 3.32. The molecule has 6 heteroatoms. The molecule has 208 valence electrons. The first-order chi connectivity index (χ1) is 17.6. The standard InChI is InChI=1S/C32H45ClINO2Si/c1-19(2)28-26-27(32(16-10-11-24(32)34)36-29(26)20-12-14-21(33)15-13-20)25-22(35-28)17-31(6,7)18-23(25)37-38(8,9)30(3,4)5/h12-15,19,23-24,29H,10-11,16-18H2,1-9H3/t23?,24?,29-,32?/m1/s1. The minimum Gasteiger partial charge on any atom is -0.410 e. The Bertz CT molecular complexity index is 1220. The number of hydrogen-bond acceptors (Lipinski definition) is 3. The first-order valence-corrected chi connectivity index (χ1v) is 18.9. The van der Waals surface area contributed by atoms with Crippen LogP contribution in [-0.4, -0.2) is 17.2 Å². The number of halogens is 2. The molecule has 3 nitrogen and oxygen atoms in total. The van der Waals surface area contributed by atoms with E-state index < -0.39 is 8.32 Å². The van der Waals surface area contributed by atoms with Crippen molar-refractivity contribution < 1.29 is 9.16 Å². The monoisotopic (exact) mass is 665 g/mol. The molecule has 0 amide bonds. The van der Waals surface area contributed by atoms with E-state index in [1.54, 1.807) is 0 Å². The second kappa shape index (κ2) is 9.82. The van der Waals surface area contributed by atoms with Gasteiger partial charge in [-0.1, -0.05) is 94.8 Å². The minimum absolute atomic E-state index is 0.0470. The Balaban J connectivity index is 1.80. The van der Waals surface area contributed by atoms with Crippen LogP contribution in [0.2, 0.25) is 23.2 Å². The molecule has 1 aromatic carbocycles. The van der Waals surface area contributed by atoms with E-state index in [1.807, 2.05) is 12.1 Å². The fourth-order valence-corrected chi connectivity index (χ4v) is 9.24. The number of benzene rings is 1. The van der Waals surface area contributed by atoms with E-state index in [-0.39, 0.29) is 28.3 Å². The second-order valence-electron chi connectivity index (χ2n) is 14.5. The van der Waals surface area contributed by atoms with Gasteiger partial charge in [0.25, 0.3) is 0 Å². The topological polar surface area (TPSA) is 31.4 Å². The Morgan fingerprint density at radius 1 is 1.13 bits per heavy atom. The maximum absolute atomic E-state index is 7.35. The summed E-state index contributed by atoms with van der Waals surface area (Å²) in [5, 5.41) is 0.898. The number of aromatic nitrogens is 1. The van der Waals surface area contributed by atoms with Gasteiger partial charge >= 0.3 is 0 Å². The molecule has 5 rings (SSSR count). The lowest BCUT2D eigenvalue weighted by molar-refractivity contribution is -0.0514. The zero-order valence-electron chi connectivity index (χ0n) is 24.7. The molecule has 0 bridgehead atoms. The molecule has 1 aromatic heterocycles. The van der Waals surface area contributed by atoms with Crippen LogP contribution in [0.15, 0.2) is 24.3 Å². The Morgan fingerprint density at radius 2 is 1.79 bits per heavy atom. The Kier molecular flexibility index (Phi) is 7.50. The number of rotatable bonds is 4. The van der Waals surface area contributed by atoms with Crippen molar-refractivity contribution in [2.45, 2.75) is 126 Å². The number of fused-ring (bicyclic) bond motifs is 4. The molecule has 2 aliphatic carbocycles. The van der Waals surface area contributed by atoms with Crippen LogP contribution in [-0.2, 0) is 21.2 Å². The van der Waals surface area contributed by atoms with Gasteiger partial charge in [-0.3, -0.25) is 4.98 Å². The van der Waals surface area contributed by atoms with Crippen molar-refractivity contribution in [2.24, 2.45) is 5.41 Å². The van der Waals surface area contributed by atoms with Crippen LogP contribution < -0.4 is 0 Å². The zero-order valence-corrected chi connectivity index (χ0v) is 28.6. The number of ether oxygens (including phenoxy) is 1. The molecule has 0 saturated heterocycles. The lowest BCUT2D eigenvalue weighted by Gasteiger charge is -2.45. The molecule has 0 N–H and O–H groups in total. The minimum atomic E-state index is -2.03. The van der Waals surface area contributed by atoms with Crippen molar-refractivity contribution in [1.29, 1.82) is 0 Å². The average molecular weight is 666 g/mol. The quantitative estimate of drug-likeness (QED) is 0.185. The molecule has 2 heterocycles. The summed E-state index contributed by atoms with van der Waals surface area (Å²) in [7, 11) is -2.03. The predicted molar refractivity (Wildman–Crippen MR) is 169 cm³/mol. The number of nitrogens with zero attached hydrogens (tertiary/aromatic N) is 1. The van der Waals surface area contributed by atoms with Crippen molar-refractivity contribution in [2.75, 3.05) is 0 Å². The summed E-state index contributed by atoms with van der Waals surface area (Å²) in [5.41, 5.74) is 7.58. The van der Waals surface area contributed by atoms with Crippen molar-refractivity contribution in [3.05, 3.63) is 62.9 Å². The molecule has 0 radical (unpaired) electrons. The van der Waals surface area contributed by atoms with Crippen LogP contribution in [0.5, 0.6) is 0 Å². The third-order valence-corrected chi connectivity index (χ3v) is 15.9. The first-order valence-electron chi connectivity index (χ1n) is 14.4. The molecule has 38 heavy (non-hydrogen) atoms. The third kappa shape index (κ3) is 4.84. The van der Waals surface area contributed by atoms with Gasteiger partial charge in [-0.25, -0.2) is 0 Å². The van der Waals surface area contributed by atoms with Gasteiger partial charge in [0.15, 0.2) is 8.32 Å². The summed E-state index contributed by atoms with van der Waals surface area (Å²) < 4.78 is 15.1. The van der Waals surface area contributed by atoms with Crippen molar-refractivity contribution >= 4 is 42.5 Å². The van der Waals surface area contributed by atoms with Crippen LogP contribution >= 0.6 is 34.2 Å². The number of hydrogen-bond donors (Lipinski definition) is 0. The van der Waals surface area contributed by atoms with Gasteiger partial charge in [0.2, 0.25) is 0 Å². The van der Waals surface area contributed by atoms with E-state index >= 15 is 0 Å². The molecular weight excluding hydrogens is 621 g/mol. The molecule has 3 unspecified atom stereocenters. The van der Waals surface area contributed by atoms with Crippen molar-refractivity contribution in [3.63, 3.8) is 0 Å². The van der Waals surface area contributed by atoms with Gasteiger partial charge < -0.3 is 9.16 Å². The van der Waals surface area contributed by atoms with E-state index in [0.717, 1.165) is 24.3 Å². The highest BCUT2D eigenvalue weighted by Crippen LogP contribution is 2.62. The number of alkyl halides is 1. The maximum Gasteiger partial charge on any atom is 0.192 e. The van der Waals surface area contributed by atoms with Crippen LogP contribution in [0, 0.1) is 5.41 Å². The molecule has 1 spiro atoms. The fourth-order valence-electron chi connectivity index (χ4n) is 6.64. The third-order valence-electron chi connectivity index (χ3n) is 9.57. The molecule has 1 aliphatic heterocycles. The summed E-state index contributed by atoms with van der Waals surface area (Å²) in [6, 6.07) is 8.27. The van der Waals surface area contributed by atoms with E-state index in [4.69, 9.17) is 25.7 Å². The highest BCUT2D eigenvalue weighted by molar-refractivity contribution is 14.1. The van der Waals surface area contributed by atoms with Crippen LogP contribution in [0.25, 0.3) is 0 Å². The predicted octanol–water partition coefficient (Wildman–Crippen LogP) is 10.2. The zero-order chi connectivity index (χ0) is 27.8. The molecule has 1 saturated carbocycles. The van der Waals surface area contributed by atoms with Crippen LogP contribution in [0.3, 0.4) is 0 Å². The van der Waals surface area contributed by atoms with E-state index in [1.165, 1.54) is 46.5 Å². The Morgan fingerprint density at radius 3 is 2.34 bits per heavy atom. The summed E-state index contributed by atoms with van der Waals surface area (Å²) >= 11 is 8.99. The lowest BCUT2D eigenvalue weighted by atomic mass is 9.70. The molecule has 3 aliphatic rings. The maximum atomic E-state index is 7.35. The molecule has 1 fully saturated rings. The Hall–Kier alpha value is -0.473. The van der Waals surface area contributed by atoms with Crippen molar-refractivity contribution in [3.8, 4) is 0 Å². The Labute approximate surface area is 250 Å². The largest absolute Gasteiger partial charge is 0.410 e. The molecule has 2 aromatic rings. The van der Waals surface area contributed by atoms with E-state index in [0.29, 0.717) is 9.84 Å². The van der Waals surface area contributed by atoms with Gasteiger partial charge in [0.05, 0.1) is 6.10 Å². The van der Waals surface area contributed by atoms with E-state index in [9.17, 15) is 0 Å². The highest BCUT2D eigenvalue weighted by Gasteiger charge is 2.57. The van der Waals surface area contributed by atoms with Gasteiger partial charge in [-0.2, -0.15) is 0 Å². The smallest absolute Gasteiger partial charge is 0.192 e. The molecular formula is C32H45ClINO2Si. The first kappa shape index (κ1) is 29.0. The summed E-state index contributed by atoms with van der Waals surface area (Å²) in [6.07, 6.45) is 5.35. The second-order valence-corrected chi connectivity index (χ2v) is 21.2. The number of pyridine rings is 1. The fraction of sp³-hybridized carbons (Fsp3) is 0.656. The van der Waals surface area contributed by atoms with E-state index in [2.05, 4.69) is 96.3 Å². The SMILES string of the molecule is CC(C)c1nc2c(c3c1[C@@H](c1ccc(Cl)cc1)OC31CCCC1I)C(O[Si](C)(C)C(C)(C)C)CC(C)(C)C2. The molecule has 4 atom stereocenters. The van der Waals surface area contributed by atoms with Gasteiger partial charge in [0, 0.05) is 37.0 Å². The lowest BCUT2D eigenvalue weighted by Crippen LogP contribution is -2.44. The van der Waals surface area contributed by atoms with Crippen LogP contribution in [0.4, 0.5) is 0 Å². The van der Waals surface area contributed by atoms with Gasteiger partial charge in [0.1, 0.15) is 11.7 Å². The highest BCUT2D eigenvalue weighted by atomic mass is 127. The van der Waals surface area contributed by atoms with Crippen molar-refractivity contribution in [1.82, 2.24) is 4.98 Å². The summed E-state index contributed by atoms with van der Waals surface area (Å²) in [6.45, 7) is 21.2. The van der Waals surface area contributed by atoms with Gasteiger partial charge in [-0.15, -0.1) is 0 Å². The normalized spacial score (nSPS) is 28.7. The van der Waals surface area contributed by atoms with Crippen LogP contribution in [0.1, 0.15) is 126 Å².